The predicted molar refractivity (Wildman–Crippen MR) is 83.5 cm³/mol. The molecule has 114 valence electrons. The van der Waals surface area contributed by atoms with E-state index in [1.807, 2.05) is 18.2 Å². The van der Waals surface area contributed by atoms with Gasteiger partial charge in [0.25, 0.3) is 0 Å². The number of benzene rings is 1. The Morgan fingerprint density at radius 2 is 1.90 bits per heavy atom. The quantitative estimate of drug-likeness (QED) is 0.795. The van der Waals surface area contributed by atoms with E-state index < -0.39 is 0 Å². The van der Waals surface area contributed by atoms with Gasteiger partial charge < -0.3 is 15.2 Å². The fraction of sp³-hybridized carbons (Fsp3) is 0.625. The zero-order valence-corrected chi connectivity index (χ0v) is 13.3. The highest BCUT2D eigenvalue weighted by Crippen LogP contribution is 2.29. The van der Waals surface area contributed by atoms with Crippen LogP contribution in [0.2, 0.25) is 0 Å². The Kier molecular flexibility index (Phi) is 6.82. The normalized spacial score (nSPS) is 14.2. The molecule has 0 aliphatic rings. The van der Waals surface area contributed by atoms with Gasteiger partial charge >= 0.3 is 0 Å². The summed E-state index contributed by atoms with van der Waals surface area (Å²) < 4.78 is 10.7. The molecule has 20 heavy (non-hydrogen) atoms. The van der Waals surface area contributed by atoms with Crippen molar-refractivity contribution in [2.24, 2.45) is 5.73 Å². The Balaban J connectivity index is 2.88. The van der Waals surface area contributed by atoms with Crippen molar-refractivity contribution in [2.45, 2.75) is 39.3 Å². The van der Waals surface area contributed by atoms with Gasteiger partial charge in [-0.1, -0.05) is 19.9 Å². The van der Waals surface area contributed by atoms with Gasteiger partial charge in [-0.15, -0.1) is 0 Å². The molecule has 0 fully saturated rings. The first-order valence-electron chi connectivity index (χ1n) is 7.28. The van der Waals surface area contributed by atoms with Gasteiger partial charge in [0, 0.05) is 30.3 Å². The van der Waals surface area contributed by atoms with Crippen LogP contribution in [0.5, 0.6) is 11.5 Å². The zero-order valence-electron chi connectivity index (χ0n) is 13.3. The summed E-state index contributed by atoms with van der Waals surface area (Å²) in [5.74, 6) is 1.57. The van der Waals surface area contributed by atoms with Crippen molar-refractivity contribution in [3.8, 4) is 11.5 Å². The number of hydrogen-bond donors (Lipinski definition) is 1. The minimum absolute atomic E-state index is 0.0650. The topological polar surface area (TPSA) is 47.7 Å². The number of likely N-dealkylation sites (N-methyl/N-ethyl adjacent to an activating group) is 1. The van der Waals surface area contributed by atoms with Crippen molar-refractivity contribution < 1.29 is 9.47 Å². The molecule has 0 spiro atoms. The summed E-state index contributed by atoms with van der Waals surface area (Å²) in [7, 11) is 3.31. The zero-order chi connectivity index (χ0) is 15.1. The summed E-state index contributed by atoms with van der Waals surface area (Å²) in [6.07, 6.45) is 1.13. The van der Waals surface area contributed by atoms with Gasteiger partial charge in [-0.2, -0.15) is 0 Å². The highest BCUT2D eigenvalue weighted by Gasteiger charge is 2.18. The summed E-state index contributed by atoms with van der Waals surface area (Å²) in [5, 5.41) is 0. The lowest BCUT2D eigenvalue weighted by Gasteiger charge is -2.30. The van der Waals surface area contributed by atoms with E-state index in [0.29, 0.717) is 6.04 Å². The molecule has 1 aromatic carbocycles. The average molecular weight is 280 g/mol. The summed E-state index contributed by atoms with van der Waals surface area (Å²) in [6, 6.07) is 6.28. The largest absolute Gasteiger partial charge is 0.497 e. The lowest BCUT2D eigenvalue weighted by Crippen LogP contribution is -2.38. The van der Waals surface area contributed by atoms with Gasteiger partial charge in [0.1, 0.15) is 11.5 Å². The van der Waals surface area contributed by atoms with Gasteiger partial charge in [-0.05, 0) is 26.0 Å². The molecule has 0 radical (unpaired) electrons. The molecule has 2 N–H and O–H groups in total. The summed E-state index contributed by atoms with van der Waals surface area (Å²) in [6.45, 7) is 8.44. The van der Waals surface area contributed by atoms with E-state index in [1.165, 1.54) is 0 Å². The molecule has 4 nitrogen and oxygen atoms in total. The molecule has 0 heterocycles. The Morgan fingerprint density at radius 1 is 1.20 bits per heavy atom. The minimum atomic E-state index is -0.0650. The third kappa shape index (κ3) is 4.12. The Hall–Kier alpha value is -1.26. The van der Waals surface area contributed by atoms with Crippen LogP contribution in [-0.4, -0.2) is 38.3 Å². The first kappa shape index (κ1) is 16.8. The number of nitrogens with two attached hydrogens (primary N) is 1. The Morgan fingerprint density at radius 3 is 2.40 bits per heavy atom. The van der Waals surface area contributed by atoms with Gasteiger partial charge in [0.05, 0.1) is 14.2 Å². The van der Waals surface area contributed by atoms with Gasteiger partial charge in [-0.25, -0.2) is 0 Å². The molecule has 0 saturated heterocycles. The molecule has 0 amide bonds. The SMILES string of the molecule is CCC(C)N(CC)CC(N)c1ccc(OC)cc1OC. The maximum absolute atomic E-state index is 6.37. The maximum Gasteiger partial charge on any atom is 0.127 e. The van der Waals surface area contributed by atoms with Crippen LogP contribution < -0.4 is 15.2 Å². The second kappa shape index (κ2) is 8.12. The van der Waals surface area contributed by atoms with Crippen LogP contribution in [0.25, 0.3) is 0 Å². The van der Waals surface area contributed by atoms with Gasteiger partial charge in [0.2, 0.25) is 0 Å². The number of methoxy groups -OCH3 is 2. The molecule has 0 aliphatic carbocycles. The van der Waals surface area contributed by atoms with Crippen LogP contribution in [0.15, 0.2) is 18.2 Å². The van der Waals surface area contributed by atoms with Crippen molar-refractivity contribution in [2.75, 3.05) is 27.3 Å². The highest BCUT2D eigenvalue weighted by molar-refractivity contribution is 5.42. The second-order valence-electron chi connectivity index (χ2n) is 5.06. The standard InChI is InChI=1S/C16H28N2O2/c1-6-12(3)18(7-2)11-15(17)14-9-8-13(19-4)10-16(14)20-5/h8-10,12,15H,6-7,11,17H2,1-5H3. The third-order valence-corrected chi connectivity index (χ3v) is 3.89. The third-order valence-electron chi connectivity index (χ3n) is 3.89. The molecule has 4 heteroatoms. The van der Waals surface area contributed by atoms with Crippen LogP contribution in [0.3, 0.4) is 0 Å². The van der Waals surface area contributed by atoms with Crippen molar-refractivity contribution in [3.05, 3.63) is 23.8 Å². The van der Waals surface area contributed by atoms with E-state index in [1.54, 1.807) is 14.2 Å². The molecule has 0 bridgehead atoms. The van der Waals surface area contributed by atoms with E-state index in [9.17, 15) is 0 Å². The number of hydrogen-bond acceptors (Lipinski definition) is 4. The van der Waals surface area contributed by atoms with Crippen molar-refractivity contribution in [1.82, 2.24) is 4.90 Å². The molecule has 2 atom stereocenters. The minimum Gasteiger partial charge on any atom is -0.497 e. The monoisotopic (exact) mass is 280 g/mol. The van der Waals surface area contributed by atoms with Crippen LogP contribution in [0, 0.1) is 0 Å². The van der Waals surface area contributed by atoms with E-state index >= 15 is 0 Å². The predicted octanol–water partition coefficient (Wildman–Crippen LogP) is 2.82. The fourth-order valence-electron chi connectivity index (χ4n) is 2.35. The second-order valence-corrected chi connectivity index (χ2v) is 5.06. The van der Waals surface area contributed by atoms with Gasteiger partial charge in [-0.3, -0.25) is 4.90 Å². The Labute approximate surface area is 122 Å². The first-order chi connectivity index (χ1) is 9.57. The molecular formula is C16H28N2O2. The summed E-state index contributed by atoms with van der Waals surface area (Å²) >= 11 is 0. The van der Waals surface area contributed by atoms with E-state index in [0.717, 1.165) is 36.6 Å². The number of ether oxygens (including phenoxy) is 2. The maximum atomic E-state index is 6.37. The van der Waals surface area contributed by atoms with Crippen LogP contribution in [0.4, 0.5) is 0 Å². The van der Waals surface area contributed by atoms with E-state index in [4.69, 9.17) is 15.2 Å². The fourth-order valence-corrected chi connectivity index (χ4v) is 2.35. The lowest BCUT2D eigenvalue weighted by atomic mass is 10.0. The lowest BCUT2D eigenvalue weighted by molar-refractivity contribution is 0.201. The van der Waals surface area contributed by atoms with E-state index in [-0.39, 0.29) is 6.04 Å². The average Bonchev–Trinajstić information content (AvgIpc) is 2.50. The number of rotatable bonds is 8. The van der Waals surface area contributed by atoms with E-state index in [2.05, 4.69) is 25.7 Å². The summed E-state index contributed by atoms with van der Waals surface area (Å²) in [4.78, 5) is 2.40. The van der Waals surface area contributed by atoms with Gasteiger partial charge in [0.15, 0.2) is 0 Å². The van der Waals surface area contributed by atoms with Crippen molar-refractivity contribution >= 4 is 0 Å². The molecule has 0 aliphatic heterocycles. The molecular weight excluding hydrogens is 252 g/mol. The summed E-state index contributed by atoms with van der Waals surface area (Å²) in [5.41, 5.74) is 7.39. The molecule has 1 aromatic rings. The molecule has 0 aromatic heterocycles. The van der Waals surface area contributed by atoms with Crippen molar-refractivity contribution in [3.63, 3.8) is 0 Å². The smallest absolute Gasteiger partial charge is 0.127 e. The molecule has 2 unspecified atom stereocenters. The van der Waals surface area contributed by atoms with Crippen LogP contribution in [0.1, 0.15) is 38.8 Å². The van der Waals surface area contributed by atoms with Crippen LogP contribution >= 0.6 is 0 Å². The van der Waals surface area contributed by atoms with Crippen molar-refractivity contribution in [1.29, 1.82) is 0 Å². The molecule has 1 rings (SSSR count). The first-order valence-corrected chi connectivity index (χ1v) is 7.28. The number of nitrogens with zero attached hydrogens (tertiary/aromatic N) is 1. The highest BCUT2D eigenvalue weighted by atomic mass is 16.5. The van der Waals surface area contributed by atoms with Crippen LogP contribution in [-0.2, 0) is 0 Å². The molecule has 0 saturated carbocycles. The Bertz CT molecular complexity index is 409.